The quantitative estimate of drug-likeness (QED) is 0.601. The van der Waals surface area contributed by atoms with E-state index >= 15 is 0 Å². The minimum absolute atomic E-state index is 0.299. The maximum Gasteiger partial charge on any atom is 0.191 e. The Hall–Kier alpha value is -0.810. The van der Waals surface area contributed by atoms with Gasteiger partial charge in [-0.05, 0) is 19.8 Å². The normalized spacial score (nSPS) is 24.4. The highest BCUT2D eigenvalue weighted by Crippen LogP contribution is 2.33. The number of nitrogens with zero attached hydrogens (tertiary/aromatic N) is 2. The first-order valence-electron chi connectivity index (χ1n) is 8.08. The number of guanidine groups is 1. The lowest BCUT2D eigenvalue weighted by atomic mass is 9.80. The van der Waals surface area contributed by atoms with Gasteiger partial charge in [0.2, 0.25) is 0 Å². The van der Waals surface area contributed by atoms with Crippen molar-refractivity contribution in [2.75, 3.05) is 46.4 Å². The van der Waals surface area contributed by atoms with Crippen molar-refractivity contribution in [1.29, 1.82) is 0 Å². The summed E-state index contributed by atoms with van der Waals surface area (Å²) in [6.07, 6.45) is 6.66. The van der Waals surface area contributed by atoms with E-state index in [1.54, 1.807) is 0 Å². The zero-order valence-electron chi connectivity index (χ0n) is 13.1. The smallest absolute Gasteiger partial charge is 0.191 e. The van der Waals surface area contributed by atoms with Gasteiger partial charge in [-0.15, -0.1) is 0 Å². The summed E-state index contributed by atoms with van der Waals surface area (Å²) >= 11 is 0. The Morgan fingerprint density at radius 1 is 1.15 bits per heavy atom. The van der Waals surface area contributed by atoms with Gasteiger partial charge in [0, 0.05) is 38.8 Å². The molecule has 5 nitrogen and oxygen atoms in total. The monoisotopic (exact) mass is 282 g/mol. The fourth-order valence-electron chi connectivity index (χ4n) is 3.49. The van der Waals surface area contributed by atoms with E-state index in [4.69, 9.17) is 4.74 Å². The Balaban J connectivity index is 1.98. The topological polar surface area (TPSA) is 48.9 Å². The SMILES string of the molecule is CCNC(=NC)NCC1(N2CCOCC2)CCCCC1. The number of aliphatic imine (C=N–C) groups is 1. The summed E-state index contributed by atoms with van der Waals surface area (Å²) in [6.45, 7) is 7.90. The van der Waals surface area contributed by atoms with Crippen molar-refractivity contribution in [3.05, 3.63) is 0 Å². The molecule has 116 valence electrons. The highest BCUT2D eigenvalue weighted by atomic mass is 16.5. The summed E-state index contributed by atoms with van der Waals surface area (Å²) in [5.74, 6) is 0.922. The molecule has 0 radical (unpaired) electrons. The molecule has 2 rings (SSSR count). The van der Waals surface area contributed by atoms with Crippen LogP contribution in [0, 0.1) is 0 Å². The van der Waals surface area contributed by atoms with Gasteiger partial charge in [0.1, 0.15) is 0 Å². The molecule has 0 aromatic rings. The highest BCUT2D eigenvalue weighted by Gasteiger charge is 2.38. The average Bonchev–Trinajstić information content (AvgIpc) is 2.53. The standard InChI is InChI=1S/C15H30N4O/c1-3-17-14(16-2)18-13-15(7-5-4-6-8-15)19-9-11-20-12-10-19/h3-13H2,1-2H3,(H2,16,17,18). The van der Waals surface area contributed by atoms with E-state index in [-0.39, 0.29) is 0 Å². The molecular weight excluding hydrogens is 252 g/mol. The highest BCUT2D eigenvalue weighted by molar-refractivity contribution is 5.79. The third kappa shape index (κ3) is 3.85. The van der Waals surface area contributed by atoms with E-state index in [0.717, 1.165) is 45.4 Å². The fraction of sp³-hybridized carbons (Fsp3) is 0.933. The molecule has 2 N–H and O–H groups in total. The number of morpholine rings is 1. The maximum absolute atomic E-state index is 5.52. The molecule has 1 saturated carbocycles. The van der Waals surface area contributed by atoms with Crippen LogP contribution in [0.15, 0.2) is 4.99 Å². The van der Waals surface area contributed by atoms with Crippen LogP contribution in [-0.2, 0) is 4.74 Å². The van der Waals surface area contributed by atoms with Crippen LogP contribution in [0.1, 0.15) is 39.0 Å². The van der Waals surface area contributed by atoms with Crippen LogP contribution in [-0.4, -0.2) is 62.8 Å². The largest absolute Gasteiger partial charge is 0.379 e. The zero-order valence-corrected chi connectivity index (χ0v) is 13.1. The second-order valence-electron chi connectivity index (χ2n) is 5.84. The third-order valence-electron chi connectivity index (χ3n) is 4.62. The average molecular weight is 282 g/mol. The Labute approximate surface area is 123 Å². The van der Waals surface area contributed by atoms with Crippen LogP contribution in [0.5, 0.6) is 0 Å². The molecule has 0 spiro atoms. The van der Waals surface area contributed by atoms with Gasteiger partial charge < -0.3 is 15.4 Å². The minimum Gasteiger partial charge on any atom is -0.379 e. The number of hydrogen-bond acceptors (Lipinski definition) is 3. The fourth-order valence-corrected chi connectivity index (χ4v) is 3.49. The summed E-state index contributed by atoms with van der Waals surface area (Å²) < 4.78 is 5.52. The summed E-state index contributed by atoms with van der Waals surface area (Å²) in [5.41, 5.74) is 0.299. The van der Waals surface area contributed by atoms with Gasteiger partial charge in [-0.1, -0.05) is 19.3 Å². The molecule has 1 heterocycles. The molecule has 0 aromatic heterocycles. The van der Waals surface area contributed by atoms with Gasteiger partial charge in [-0.2, -0.15) is 0 Å². The number of nitrogens with one attached hydrogen (secondary N) is 2. The molecule has 0 aromatic carbocycles. The lowest BCUT2D eigenvalue weighted by Crippen LogP contribution is -2.60. The van der Waals surface area contributed by atoms with Gasteiger partial charge in [-0.3, -0.25) is 9.89 Å². The Kier molecular flexibility index (Phi) is 6.10. The Morgan fingerprint density at radius 2 is 1.85 bits per heavy atom. The van der Waals surface area contributed by atoms with E-state index in [1.807, 2.05) is 7.05 Å². The molecular formula is C15H30N4O. The third-order valence-corrected chi connectivity index (χ3v) is 4.62. The molecule has 1 aliphatic carbocycles. The van der Waals surface area contributed by atoms with Crippen LogP contribution in [0.3, 0.4) is 0 Å². The van der Waals surface area contributed by atoms with E-state index < -0.39 is 0 Å². The number of ether oxygens (including phenoxy) is 1. The van der Waals surface area contributed by atoms with E-state index in [2.05, 4.69) is 27.4 Å². The van der Waals surface area contributed by atoms with Crippen molar-refractivity contribution >= 4 is 5.96 Å². The van der Waals surface area contributed by atoms with Gasteiger partial charge >= 0.3 is 0 Å². The predicted molar refractivity (Wildman–Crippen MR) is 83.2 cm³/mol. The van der Waals surface area contributed by atoms with Crippen molar-refractivity contribution in [1.82, 2.24) is 15.5 Å². The van der Waals surface area contributed by atoms with E-state index in [1.165, 1.54) is 32.1 Å². The van der Waals surface area contributed by atoms with E-state index in [9.17, 15) is 0 Å². The maximum atomic E-state index is 5.52. The van der Waals surface area contributed by atoms with Crippen LogP contribution in [0.4, 0.5) is 0 Å². The molecule has 2 fully saturated rings. The second-order valence-corrected chi connectivity index (χ2v) is 5.84. The first kappa shape index (κ1) is 15.6. The van der Waals surface area contributed by atoms with Crippen molar-refractivity contribution in [3.8, 4) is 0 Å². The number of rotatable bonds is 4. The summed E-state index contributed by atoms with van der Waals surface area (Å²) in [6, 6.07) is 0. The lowest BCUT2D eigenvalue weighted by Gasteiger charge is -2.48. The summed E-state index contributed by atoms with van der Waals surface area (Å²) in [4.78, 5) is 6.94. The van der Waals surface area contributed by atoms with Crippen LogP contribution in [0.2, 0.25) is 0 Å². The molecule has 0 bridgehead atoms. The Morgan fingerprint density at radius 3 is 2.45 bits per heavy atom. The van der Waals surface area contributed by atoms with Crippen LogP contribution in [0.25, 0.3) is 0 Å². The van der Waals surface area contributed by atoms with Crippen molar-refractivity contribution < 1.29 is 4.74 Å². The van der Waals surface area contributed by atoms with Gasteiger partial charge in [0.25, 0.3) is 0 Å². The van der Waals surface area contributed by atoms with Crippen molar-refractivity contribution in [2.24, 2.45) is 4.99 Å². The van der Waals surface area contributed by atoms with Crippen molar-refractivity contribution in [2.45, 2.75) is 44.6 Å². The number of hydrogen-bond donors (Lipinski definition) is 2. The molecule has 0 unspecified atom stereocenters. The minimum atomic E-state index is 0.299. The summed E-state index contributed by atoms with van der Waals surface area (Å²) in [5, 5.41) is 6.82. The lowest BCUT2D eigenvalue weighted by molar-refractivity contribution is -0.0352. The molecule has 5 heteroatoms. The van der Waals surface area contributed by atoms with E-state index in [0.29, 0.717) is 5.54 Å². The Bertz CT molecular complexity index is 307. The summed E-state index contributed by atoms with van der Waals surface area (Å²) in [7, 11) is 1.84. The predicted octanol–water partition coefficient (Wildman–Crippen LogP) is 1.21. The zero-order chi connectivity index (χ0) is 14.3. The van der Waals surface area contributed by atoms with Crippen LogP contribution >= 0.6 is 0 Å². The molecule has 2 aliphatic rings. The first-order valence-corrected chi connectivity index (χ1v) is 8.08. The van der Waals surface area contributed by atoms with Gasteiger partial charge in [-0.25, -0.2) is 0 Å². The molecule has 0 amide bonds. The van der Waals surface area contributed by atoms with Crippen LogP contribution < -0.4 is 10.6 Å². The van der Waals surface area contributed by atoms with Gasteiger partial charge in [0.05, 0.1) is 13.2 Å². The second kappa shape index (κ2) is 7.84. The molecule has 1 aliphatic heterocycles. The molecule has 1 saturated heterocycles. The van der Waals surface area contributed by atoms with Gasteiger partial charge in [0.15, 0.2) is 5.96 Å². The molecule has 0 atom stereocenters. The first-order chi connectivity index (χ1) is 9.80. The molecule has 20 heavy (non-hydrogen) atoms. The van der Waals surface area contributed by atoms with Crippen molar-refractivity contribution in [3.63, 3.8) is 0 Å².